The fraction of sp³-hybridized carbons (Fsp3) is 0.667. The van der Waals surface area contributed by atoms with Crippen molar-refractivity contribution in [1.29, 1.82) is 0 Å². The van der Waals surface area contributed by atoms with Crippen molar-refractivity contribution in [3.63, 3.8) is 0 Å². The number of nitrogens with one attached hydrogen (secondary N) is 1. The van der Waals surface area contributed by atoms with E-state index in [9.17, 15) is 0 Å². The Bertz CT molecular complexity index is 568. The second-order valence-electron chi connectivity index (χ2n) is 5.55. The van der Waals surface area contributed by atoms with Gasteiger partial charge in [0.1, 0.15) is 0 Å². The van der Waals surface area contributed by atoms with E-state index < -0.39 is 0 Å². The predicted octanol–water partition coefficient (Wildman–Crippen LogP) is 2.04. The van der Waals surface area contributed by atoms with Gasteiger partial charge in [-0.25, -0.2) is 4.98 Å². The van der Waals surface area contributed by atoms with Crippen LogP contribution in [-0.2, 0) is 6.54 Å². The first-order chi connectivity index (χ1) is 10.3. The van der Waals surface area contributed by atoms with Gasteiger partial charge in [-0.05, 0) is 19.5 Å². The third-order valence-electron chi connectivity index (χ3n) is 4.09. The third kappa shape index (κ3) is 3.07. The van der Waals surface area contributed by atoms with E-state index in [4.69, 9.17) is 4.98 Å². The second kappa shape index (κ2) is 6.77. The van der Waals surface area contributed by atoms with Crippen molar-refractivity contribution in [3.05, 3.63) is 17.3 Å². The van der Waals surface area contributed by atoms with Crippen molar-refractivity contribution < 1.29 is 0 Å². The molecule has 0 unspecified atom stereocenters. The quantitative estimate of drug-likeness (QED) is 0.886. The Morgan fingerprint density at radius 2 is 2.05 bits per heavy atom. The minimum atomic E-state index is 0.888. The molecule has 2 aromatic rings. The van der Waals surface area contributed by atoms with Crippen LogP contribution in [0.25, 0.3) is 4.96 Å². The summed E-state index contributed by atoms with van der Waals surface area (Å²) in [6, 6.07) is 0. The standard InChI is InChI=1S/C15H25N5S/c1-3-5-18-6-8-19(9-7-18)14-13(12-16-4-2)20-10-11-21-15(20)17-14/h10-11,16H,3-9,12H2,1-2H3. The summed E-state index contributed by atoms with van der Waals surface area (Å²) in [6.07, 6.45) is 3.38. The van der Waals surface area contributed by atoms with E-state index in [2.05, 4.69) is 44.9 Å². The van der Waals surface area contributed by atoms with Gasteiger partial charge in [0.2, 0.25) is 0 Å². The number of hydrogen-bond acceptors (Lipinski definition) is 5. The highest BCUT2D eigenvalue weighted by Gasteiger charge is 2.22. The zero-order valence-corrected chi connectivity index (χ0v) is 13.8. The van der Waals surface area contributed by atoms with E-state index in [1.54, 1.807) is 11.3 Å². The van der Waals surface area contributed by atoms with Gasteiger partial charge >= 0.3 is 0 Å². The normalized spacial score (nSPS) is 17.0. The lowest BCUT2D eigenvalue weighted by molar-refractivity contribution is 0.258. The molecule has 1 aliphatic rings. The molecule has 1 saturated heterocycles. The average molecular weight is 307 g/mol. The van der Waals surface area contributed by atoms with Crippen LogP contribution in [0, 0.1) is 0 Å². The minimum Gasteiger partial charge on any atom is -0.352 e. The van der Waals surface area contributed by atoms with Crippen molar-refractivity contribution in [1.82, 2.24) is 19.6 Å². The number of rotatable bonds is 6. The van der Waals surface area contributed by atoms with E-state index in [0.29, 0.717) is 0 Å². The minimum absolute atomic E-state index is 0.888. The Hall–Kier alpha value is -1.11. The summed E-state index contributed by atoms with van der Waals surface area (Å²) in [5.74, 6) is 1.18. The largest absolute Gasteiger partial charge is 0.352 e. The summed E-state index contributed by atoms with van der Waals surface area (Å²) in [4.78, 5) is 11.0. The van der Waals surface area contributed by atoms with E-state index in [0.717, 1.165) is 44.2 Å². The summed E-state index contributed by atoms with van der Waals surface area (Å²) < 4.78 is 2.24. The highest BCUT2D eigenvalue weighted by atomic mass is 32.1. The van der Waals surface area contributed by atoms with Crippen LogP contribution in [0.2, 0.25) is 0 Å². The van der Waals surface area contributed by atoms with Gasteiger partial charge in [-0.1, -0.05) is 13.8 Å². The topological polar surface area (TPSA) is 35.8 Å². The van der Waals surface area contributed by atoms with Gasteiger partial charge < -0.3 is 10.2 Å². The van der Waals surface area contributed by atoms with Crippen molar-refractivity contribution in [2.24, 2.45) is 0 Å². The molecule has 0 radical (unpaired) electrons. The summed E-state index contributed by atoms with van der Waals surface area (Å²) in [5, 5.41) is 5.56. The molecule has 0 atom stereocenters. The molecular formula is C15H25N5S. The zero-order chi connectivity index (χ0) is 14.7. The fourth-order valence-corrected chi connectivity index (χ4v) is 3.71. The molecule has 0 spiro atoms. The molecule has 0 saturated carbocycles. The number of aromatic nitrogens is 2. The highest BCUT2D eigenvalue weighted by molar-refractivity contribution is 7.15. The summed E-state index contributed by atoms with van der Waals surface area (Å²) in [6.45, 7) is 12.0. The van der Waals surface area contributed by atoms with Crippen LogP contribution in [0.5, 0.6) is 0 Å². The average Bonchev–Trinajstić information content (AvgIpc) is 3.07. The lowest BCUT2D eigenvalue weighted by atomic mass is 10.2. The maximum absolute atomic E-state index is 4.87. The van der Waals surface area contributed by atoms with E-state index in [1.165, 1.54) is 24.5 Å². The predicted molar refractivity (Wildman–Crippen MR) is 89.4 cm³/mol. The zero-order valence-electron chi connectivity index (χ0n) is 13.0. The molecule has 6 heteroatoms. The smallest absolute Gasteiger partial charge is 0.195 e. The first-order valence-corrected chi connectivity index (χ1v) is 8.84. The molecule has 21 heavy (non-hydrogen) atoms. The number of nitrogens with zero attached hydrogens (tertiary/aromatic N) is 4. The molecule has 1 aliphatic heterocycles. The third-order valence-corrected chi connectivity index (χ3v) is 4.85. The van der Waals surface area contributed by atoms with Crippen molar-refractivity contribution in [2.45, 2.75) is 26.8 Å². The van der Waals surface area contributed by atoms with E-state index in [1.807, 2.05) is 0 Å². The van der Waals surface area contributed by atoms with Crippen LogP contribution in [0.1, 0.15) is 26.0 Å². The van der Waals surface area contributed by atoms with E-state index >= 15 is 0 Å². The van der Waals surface area contributed by atoms with Crippen LogP contribution in [0.15, 0.2) is 11.6 Å². The molecule has 5 nitrogen and oxygen atoms in total. The van der Waals surface area contributed by atoms with Gasteiger partial charge in [0.25, 0.3) is 0 Å². The molecule has 0 aromatic carbocycles. The van der Waals surface area contributed by atoms with Gasteiger partial charge in [0.05, 0.1) is 5.69 Å². The molecule has 3 heterocycles. The summed E-state index contributed by atoms with van der Waals surface area (Å²) >= 11 is 1.72. The van der Waals surface area contributed by atoms with Crippen LogP contribution in [0.3, 0.4) is 0 Å². The Labute approximate surface area is 130 Å². The number of hydrogen-bond donors (Lipinski definition) is 1. The molecule has 1 N–H and O–H groups in total. The molecular weight excluding hydrogens is 282 g/mol. The molecule has 0 amide bonds. The Morgan fingerprint density at radius 1 is 1.24 bits per heavy atom. The van der Waals surface area contributed by atoms with Gasteiger partial charge in [-0.3, -0.25) is 9.30 Å². The molecule has 3 rings (SSSR count). The van der Waals surface area contributed by atoms with Gasteiger partial charge in [0.15, 0.2) is 10.8 Å². The monoisotopic (exact) mass is 307 g/mol. The molecule has 0 aliphatic carbocycles. The Balaban J connectivity index is 1.78. The van der Waals surface area contributed by atoms with Crippen LogP contribution in [0.4, 0.5) is 5.82 Å². The first-order valence-electron chi connectivity index (χ1n) is 7.96. The Kier molecular flexibility index (Phi) is 4.77. The molecule has 0 bridgehead atoms. The number of fused-ring (bicyclic) bond motifs is 1. The van der Waals surface area contributed by atoms with Crippen LogP contribution >= 0.6 is 11.3 Å². The lowest BCUT2D eigenvalue weighted by Gasteiger charge is -2.35. The fourth-order valence-electron chi connectivity index (χ4n) is 2.98. The van der Waals surface area contributed by atoms with Gasteiger partial charge in [-0.2, -0.15) is 0 Å². The molecule has 116 valence electrons. The SMILES string of the molecule is CCCN1CCN(c2nc3sccn3c2CNCC)CC1. The number of imidazole rings is 1. The van der Waals surface area contributed by atoms with Crippen LogP contribution in [-0.4, -0.2) is 53.6 Å². The van der Waals surface area contributed by atoms with Gasteiger partial charge in [-0.15, -0.1) is 11.3 Å². The number of anilines is 1. The summed E-state index contributed by atoms with van der Waals surface area (Å²) in [5.41, 5.74) is 1.30. The molecule has 2 aromatic heterocycles. The highest BCUT2D eigenvalue weighted by Crippen LogP contribution is 2.25. The first kappa shape index (κ1) is 14.8. The van der Waals surface area contributed by atoms with Crippen molar-refractivity contribution in [2.75, 3.05) is 44.2 Å². The van der Waals surface area contributed by atoms with Crippen LogP contribution < -0.4 is 10.2 Å². The maximum atomic E-state index is 4.87. The number of piperazine rings is 1. The van der Waals surface area contributed by atoms with Gasteiger partial charge in [0, 0.05) is 44.3 Å². The van der Waals surface area contributed by atoms with Crippen molar-refractivity contribution >= 4 is 22.1 Å². The van der Waals surface area contributed by atoms with E-state index in [-0.39, 0.29) is 0 Å². The molecule has 1 fully saturated rings. The number of thiazole rings is 1. The second-order valence-corrected chi connectivity index (χ2v) is 6.42. The lowest BCUT2D eigenvalue weighted by Crippen LogP contribution is -2.47. The maximum Gasteiger partial charge on any atom is 0.195 e. The Morgan fingerprint density at radius 3 is 2.76 bits per heavy atom. The van der Waals surface area contributed by atoms with Crippen molar-refractivity contribution in [3.8, 4) is 0 Å². The summed E-state index contributed by atoms with van der Waals surface area (Å²) in [7, 11) is 0.